The maximum absolute atomic E-state index is 10.5. The summed E-state index contributed by atoms with van der Waals surface area (Å²) in [5.74, 6) is -0.320. The minimum atomic E-state index is -0.979. The van der Waals surface area contributed by atoms with Gasteiger partial charge in [0.05, 0.1) is 22.8 Å². The van der Waals surface area contributed by atoms with E-state index in [1.807, 2.05) is 39.0 Å². The smallest absolute Gasteiger partial charge is 0.328 e. The number of aromatic nitrogens is 2. The molecule has 0 aliphatic rings. The molecule has 0 unspecified atom stereocenters. The van der Waals surface area contributed by atoms with E-state index < -0.39 is 5.97 Å². The van der Waals surface area contributed by atoms with E-state index >= 15 is 0 Å². The molecule has 0 radical (unpaired) electrons. The molecule has 0 bridgehead atoms. The lowest BCUT2D eigenvalue weighted by molar-refractivity contribution is -0.131. The standard InChI is InChI=1S/C17H18N2O3/c1-11-12(2)19-16(13(3)18-11)10-22-15-6-4-5-14(9-15)7-8-17(20)21/h4-9H,10H2,1-3H3,(H,20,21)/b8-7+. The number of nitrogens with zero attached hydrogens (tertiary/aromatic N) is 2. The predicted octanol–water partition coefficient (Wildman–Crippen LogP) is 3.08. The van der Waals surface area contributed by atoms with Crippen molar-refractivity contribution in [3.8, 4) is 5.75 Å². The van der Waals surface area contributed by atoms with Crippen molar-refractivity contribution in [2.45, 2.75) is 27.4 Å². The highest BCUT2D eigenvalue weighted by Crippen LogP contribution is 2.17. The van der Waals surface area contributed by atoms with E-state index in [-0.39, 0.29) is 0 Å². The van der Waals surface area contributed by atoms with E-state index in [1.165, 1.54) is 6.08 Å². The van der Waals surface area contributed by atoms with Gasteiger partial charge in [0.2, 0.25) is 0 Å². The van der Waals surface area contributed by atoms with Crippen molar-refractivity contribution < 1.29 is 14.6 Å². The quantitative estimate of drug-likeness (QED) is 0.859. The molecule has 1 heterocycles. The highest BCUT2D eigenvalue weighted by Gasteiger charge is 2.06. The Labute approximate surface area is 129 Å². The molecule has 0 atom stereocenters. The fourth-order valence-corrected chi connectivity index (χ4v) is 1.93. The molecule has 0 fully saturated rings. The number of benzene rings is 1. The lowest BCUT2D eigenvalue weighted by Gasteiger charge is -2.10. The molecule has 0 aliphatic heterocycles. The summed E-state index contributed by atoms with van der Waals surface area (Å²) < 4.78 is 5.73. The van der Waals surface area contributed by atoms with Gasteiger partial charge in [-0.1, -0.05) is 12.1 Å². The molecular weight excluding hydrogens is 280 g/mol. The Kier molecular flexibility index (Phi) is 4.88. The number of hydrogen-bond acceptors (Lipinski definition) is 4. The van der Waals surface area contributed by atoms with E-state index in [9.17, 15) is 4.79 Å². The average Bonchev–Trinajstić information content (AvgIpc) is 2.48. The van der Waals surface area contributed by atoms with Crippen molar-refractivity contribution >= 4 is 12.0 Å². The number of hydrogen-bond donors (Lipinski definition) is 1. The van der Waals surface area contributed by atoms with Crippen molar-refractivity contribution in [1.29, 1.82) is 0 Å². The number of aliphatic carboxylic acids is 1. The van der Waals surface area contributed by atoms with E-state index in [2.05, 4.69) is 9.97 Å². The summed E-state index contributed by atoms with van der Waals surface area (Å²) in [6, 6.07) is 7.23. The van der Waals surface area contributed by atoms with Gasteiger partial charge in [-0.3, -0.25) is 9.97 Å². The second-order valence-corrected chi connectivity index (χ2v) is 4.96. The van der Waals surface area contributed by atoms with Crippen LogP contribution in [0.4, 0.5) is 0 Å². The van der Waals surface area contributed by atoms with Crippen LogP contribution < -0.4 is 4.74 Å². The fraction of sp³-hybridized carbons (Fsp3) is 0.235. The molecule has 2 aromatic rings. The second kappa shape index (κ2) is 6.85. The van der Waals surface area contributed by atoms with Gasteiger partial charge in [-0.2, -0.15) is 0 Å². The summed E-state index contributed by atoms with van der Waals surface area (Å²) in [6.07, 6.45) is 2.62. The van der Waals surface area contributed by atoms with Gasteiger partial charge in [-0.15, -0.1) is 0 Å². The number of aryl methyl sites for hydroxylation is 3. The van der Waals surface area contributed by atoms with Gasteiger partial charge >= 0.3 is 5.97 Å². The van der Waals surface area contributed by atoms with Gasteiger partial charge in [-0.05, 0) is 44.5 Å². The van der Waals surface area contributed by atoms with Crippen molar-refractivity contribution in [3.05, 3.63) is 58.7 Å². The summed E-state index contributed by atoms with van der Waals surface area (Å²) in [7, 11) is 0. The van der Waals surface area contributed by atoms with Crippen LogP contribution in [0.5, 0.6) is 5.75 Å². The molecule has 114 valence electrons. The van der Waals surface area contributed by atoms with Gasteiger partial charge < -0.3 is 9.84 Å². The van der Waals surface area contributed by atoms with Crippen molar-refractivity contribution in [1.82, 2.24) is 9.97 Å². The topological polar surface area (TPSA) is 72.3 Å². The average molecular weight is 298 g/mol. The zero-order valence-corrected chi connectivity index (χ0v) is 12.8. The zero-order chi connectivity index (χ0) is 16.1. The lowest BCUT2D eigenvalue weighted by atomic mass is 10.2. The largest absolute Gasteiger partial charge is 0.487 e. The van der Waals surface area contributed by atoms with Crippen LogP contribution in [0.15, 0.2) is 30.3 Å². The number of carboxylic acids is 1. The van der Waals surface area contributed by atoms with Crippen LogP contribution in [0.2, 0.25) is 0 Å². The molecule has 0 saturated heterocycles. The molecule has 1 aromatic carbocycles. The molecule has 5 heteroatoms. The first kappa shape index (κ1) is 15.7. The molecule has 2 rings (SSSR count). The lowest BCUT2D eigenvalue weighted by Crippen LogP contribution is -2.06. The van der Waals surface area contributed by atoms with E-state index in [0.717, 1.165) is 34.4 Å². The molecular formula is C17H18N2O3. The minimum absolute atomic E-state index is 0.325. The normalized spacial score (nSPS) is 10.9. The maximum Gasteiger partial charge on any atom is 0.328 e. The Morgan fingerprint density at radius 2 is 1.91 bits per heavy atom. The fourth-order valence-electron chi connectivity index (χ4n) is 1.93. The van der Waals surface area contributed by atoms with Gasteiger partial charge in [-0.25, -0.2) is 4.79 Å². The third-order valence-corrected chi connectivity index (χ3v) is 3.23. The van der Waals surface area contributed by atoms with Crippen LogP contribution in [0.1, 0.15) is 28.3 Å². The van der Waals surface area contributed by atoms with Crippen LogP contribution in [-0.2, 0) is 11.4 Å². The monoisotopic (exact) mass is 298 g/mol. The van der Waals surface area contributed by atoms with Crippen LogP contribution in [0.3, 0.4) is 0 Å². The van der Waals surface area contributed by atoms with E-state index in [4.69, 9.17) is 9.84 Å². The number of carboxylic acid groups (broad SMARTS) is 1. The predicted molar refractivity (Wildman–Crippen MR) is 83.7 cm³/mol. The third kappa shape index (κ3) is 4.15. The summed E-state index contributed by atoms with van der Waals surface area (Å²) in [6.45, 7) is 6.08. The summed E-state index contributed by atoms with van der Waals surface area (Å²) in [4.78, 5) is 19.5. The van der Waals surface area contributed by atoms with Crippen LogP contribution in [0.25, 0.3) is 6.08 Å². The highest BCUT2D eigenvalue weighted by molar-refractivity contribution is 5.85. The molecule has 0 spiro atoms. The number of rotatable bonds is 5. The minimum Gasteiger partial charge on any atom is -0.487 e. The summed E-state index contributed by atoms with van der Waals surface area (Å²) in [5, 5.41) is 8.64. The first-order chi connectivity index (χ1) is 10.5. The van der Waals surface area contributed by atoms with Gasteiger partial charge in [0.25, 0.3) is 0 Å². The maximum atomic E-state index is 10.5. The Hall–Kier alpha value is -2.69. The SMILES string of the molecule is Cc1nc(C)c(COc2cccc(/C=C/C(=O)O)c2)nc1C. The first-order valence-electron chi connectivity index (χ1n) is 6.90. The molecule has 0 aliphatic carbocycles. The molecule has 22 heavy (non-hydrogen) atoms. The Balaban J connectivity index is 2.10. The van der Waals surface area contributed by atoms with E-state index in [0.29, 0.717) is 12.4 Å². The zero-order valence-electron chi connectivity index (χ0n) is 12.8. The van der Waals surface area contributed by atoms with Crippen molar-refractivity contribution in [3.63, 3.8) is 0 Å². The summed E-state index contributed by atoms with van der Waals surface area (Å²) >= 11 is 0. The van der Waals surface area contributed by atoms with Gasteiger partial charge in [0.15, 0.2) is 0 Å². The van der Waals surface area contributed by atoms with E-state index in [1.54, 1.807) is 6.07 Å². The van der Waals surface area contributed by atoms with Crippen LogP contribution in [0, 0.1) is 20.8 Å². The molecule has 1 aromatic heterocycles. The second-order valence-electron chi connectivity index (χ2n) is 4.96. The number of carbonyl (C=O) groups is 1. The summed E-state index contributed by atoms with van der Waals surface area (Å²) in [5.41, 5.74) is 4.23. The number of ether oxygens (including phenoxy) is 1. The van der Waals surface area contributed by atoms with Crippen molar-refractivity contribution in [2.24, 2.45) is 0 Å². The Morgan fingerprint density at radius 3 is 2.64 bits per heavy atom. The Morgan fingerprint density at radius 1 is 1.18 bits per heavy atom. The molecule has 0 amide bonds. The van der Waals surface area contributed by atoms with Crippen molar-refractivity contribution in [2.75, 3.05) is 0 Å². The molecule has 5 nitrogen and oxygen atoms in total. The third-order valence-electron chi connectivity index (χ3n) is 3.23. The highest BCUT2D eigenvalue weighted by atomic mass is 16.5. The van der Waals surface area contributed by atoms with Gasteiger partial charge in [0.1, 0.15) is 12.4 Å². The Bertz CT molecular complexity index is 724. The van der Waals surface area contributed by atoms with Gasteiger partial charge in [0, 0.05) is 6.08 Å². The van der Waals surface area contributed by atoms with Crippen LogP contribution >= 0.6 is 0 Å². The first-order valence-corrected chi connectivity index (χ1v) is 6.90. The van der Waals surface area contributed by atoms with Crippen LogP contribution in [-0.4, -0.2) is 21.0 Å². The molecule has 1 N–H and O–H groups in total. The molecule has 0 saturated carbocycles.